The van der Waals surface area contributed by atoms with Crippen molar-refractivity contribution in [3.8, 4) is 0 Å². The number of primary amides is 1. The molecule has 0 spiro atoms. The van der Waals surface area contributed by atoms with Gasteiger partial charge in [0.15, 0.2) is 0 Å². The minimum Gasteiger partial charge on any atom is -0.370 e. The summed E-state index contributed by atoms with van der Waals surface area (Å²) >= 11 is 9.03. The summed E-state index contributed by atoms with van der Waals surface area (Å²) in [5.41, 5.74) is 5.38. The normalized spacial score (nSPS) is 9.88. The van der Waals surface area contributed by atoms with E-state index in [9.17, 15) is 9.59 Å². The largest absolute Gasteiger partial charge is 0.370 e. The van der Waals surface area contributed by atoms with Gasteiger partial charge in [0.25, 0.3) is 5.91 Å². The molecule has 2 amide bonds. The van der Waals surface area contributed by atoms with E-state index in [1.165, 1.54) is 0 Å². The third kappa shape index (κ3) is 4.20. The first kappa shape index (κ1) is 13.0. The van der Waals surface area contributed by atoms with Gasteiger partial charge in [0.1, 0.15) is 0 Å². The van der Waals surface area contributed by atoms with E-state index in [4.69, 9.17) is 17.3 Å². The Morgan fingerprint density at radius 2 is 2.06 bits per heavy atom. The van der Waals surface area contributed by atoms with E-state index in [0.29, 0.717) is 10.6 Å². The zero-order chi connectivity index (χ0) is 12.1. The van der Waals surface area contributed by atoms with Crippen molar-refractivity contribution >= 4 is 39.3 Å². The van der Waals surface area contributed by atoms with Gasteiger partial charge in [-0.15, -0.1) is 0 Å². The molecule has 0 heterocycles. The lowest BCUT2D eigenvalue weighted by atomic mass is 10.2. The van der Waals surface area contributed by atoms with Crippen LogP contribution in [0.15, 0.2) is 22.7 Å². The van der Waals surface area contributed by atoms with Gasteiger partial charge >= 0.3 is 0 Å². The first-order chi connectivity index (χ1) is 7.49. The van der Waals surface area contributed by atoms with Crippen LogP contribution in [0, 0.1) is 0 Å². The number of hydrogen-bond donors (Lipinski definition) is 2. The Morgan fingerprint density at radius 1 is 1.38 bits per heavy atom. The summed E-state index contributed by atoms with van der Waals surface area (Å²) in [7, 11) is 0. The predicted octanol–water partition coefficient (Wildman–Crippen LogP) is 1.71. The van der Waals surface area contributed by atoms with E-state index in [1.807, 2.05) is 0 Å². The van der Waals surface area contributed by atoms with Crippen LogP contribution in [0.2, 0.25) is 5.02 Å². The van der Waals surface area contributed by atoms with Crippen LogP contribution in [0.25, 0.3) is 0 Å². The van der Waals surface area contributed by atoms with E-state index in [0.717, 1.165) is 4.47 Å². The number of benzene rings is 1. The van der Waals surface area contributed by atoms with E-state index >= 15 is 0 Å². The van der Waals surface area contributed by atoms with Gasteiger partial charge in [-0.25, -0.2) is 0 Å². The Labute approximate surface area is 106 Å². The highest BCUT2D eigenvalue weighted by Gasteiger charge is 2.07. The summed E-state index contributed by atoms with van der Waals surface area (Å²) < 4.78 is 0.722. The summed E-state index contributed by atoms with van der Waals surface area (Å²) in [6.45, 7) is 0.221. The van der Waals surface area contributed by atoms with E-state index in [-0.39, 0.29) is 18.9 Å². The first-order valence-corrected chi connectivity index (χ1v) is 5.69. The van der Waals surface area contributed by atoms with Crippen LogP contribution >= 0.6 is 27.5 Å². The number of carbonyl (C=O) groups is 2. The van der Waals surface area contributed by atoms with Crippen molar-refractivity contribution in [3.05, 3.63) is 33.3 Å². The summed E-state index contributed by atoms with van der Waals surface area (Å²) in [4.78, 5) is 22.1. The zero-order valence-corrected chi connectivity index (χ0v) is 10.6. The summed E-state index contributed by atoms with van der Waals surface area (Å²) in [5, 5.41) is 3.03. The maximum absolute atomic E-state index is 11.6. The fraction of sp³-hybridized carbons (Fsp3) is 0.200. The number of amides is 2. The van der Waals surface area contributed by atoms with Crippen molar-refractivity contribution in [1.29, 1.82) is 0 Å². The van der Waals surface area contributed by atoms with E-state index < -0.39 is 5.91 Å². The van der Waals surface area contributed by atoms with Crippen LogP contribution in [-0.4, -0.2) is 18.4 Å². The van der Waals surface area contributed by atoms with Gasteiger partial charge in [0.05, 0.1) is 0 Å². The molecular weight excluding hydrogens is 295 g/mol. The van der Waals surface area contributed by atoms with Crippen molar-refractivity contribution in [3.63, 3.8) is 0 Å². The first-order valence-electron chi connectivity index (χ1n) is 4.51. The number of hydrogen-bond acceptors (Lipinski definition) is 2. The van der Waals surface area contributed by atoms with Gasteiger partial charge in [0.2, 0.25) is 5.91 Å². The molecule has 1 aromatic carbocycles. The molecule has 0 radical (unpaired) electrons. The van der Waals surface area contributed by atoms with Crippen LogP contribution in [0.3, 0.4) is 0 Å². The Bertz CT molecular complexity index is 403. The zero-order valence-electron chi connectivity index (χ0n) is 8.30. The molecule has 0 atom stereocenters. The molecule has 4 nitrogen and oxygen atoms in total. The molecule has 0 bridgehead atoms. The Kier molecular flexibility index (Phi) is 4.76. The highest BCUT2D eigenvalue weighted by molar-refractivity contribution is 9.10. The van der Waals surface area contributed by atoms with Gasteiger partial charge in [-0.2, -0.15) is 0 Å². The number of rotatable bonds is 4. The summed E-state index contributed by atoms with van der Waals surface area (Å²) in [5.74, 6) is -0.739. The average molecular weight is 306 g/mol. The van der Waals surface area contributed by atoms with Crippen molar-refractivity contribution in [2.45, 2.75) is 6.42 Å². The molecular formula is C10H10BrClN2O2. The maximum Gasteiger partial charge on any atom is 0.251 e. The molecule has 0 aliphatic rings. The standard InChI is InChI=1S/C10H10BrClN2O2/c11-7-3-6(4-8(12)5-7)10(16)14-2-1-9(13)15/h3-5H,1-2H2,(H2,13,15)(H,14,16). The quantitative estimate of drug-likeness (QED) is 0.889. The lowest BCUT2D eigenvalue weighted by Crippen LogP contribution is -2.27. The Hall–Kier alpha value is -1.07. The molecule has 6 heteroatoms. The van der Waals surface area contributed by atoms with Gasteiger partial charge in [-0.3, -0.25) is 9.59 Å². The lowest BCUT2D eigenvalue weighted by molar-refractivity contribution is -0.117. The molecule has 86 valence electrons. The van der Waals surface area contributed by atoms with Gasteiger partial charge in [0, 0.05) is 28.0 Å². The van der Waals surface area contributed by atoms with Crippen LogP contribution in [-0.2, 0) is 4.79 Å². The fourth-order valence-electron chi connectivity index (χ4n) is 1.09. The van der Waals surface area contributed by atoms with Crippen LogP contribution < -0.4 is 11.1 Å². The third-order valence-corrected chi connectivity index (χ3v) is 2.46. The molecule has 0 saturated heterocycles. The second-order valence-corrected chi connectivity index (χ2v) is 4.48. The van der Waals surface area contributed by atoms with Crippen LogP contribution in [0.4, 0.5) is 0 Å². The average Bonchev–Trinajstić information content (AvgIpc) is 2.15. The van der Waals surface area contributed by atoms with Crippen LogP contribution in [0.5, 0.6) is 0 Å². The van der Waals surface area contributed by atoms with Crippen molar-refractivity contribution < 1.29 is 9.59 Å². The minimum atomic E-state index is -0.451. The highest BCUT2D eigenvalue weighted by atomic mass is 79.9. The Balaban J connectivity index is 2.62. The topological polar surface area (TPSA) is 72.2 Å². The number of carbonyl (C=O) groups excluding carboxylic acids is 2. The predicted molar refractivity (Wildman–Crippen MR) is 65.3 cm³/mol. The molecule has 0 saturated carbocycles. The fourth-order valence-corrected chi connectivity index (χ4v) is 1.95. The third-order valence-electron chi connectivity index (χ3n) is 1.78. The lowest BCUT2D eigenvalue weighted by Gasteiger charge is -2.04. The molecule has 3 N–H and O–H groups in total. The molecule has 1 aromatic rings. The monoisotopic (exact) mass is 304 g/mol. The van der Waals surface area contributed by atoms with Gasteiger partial charge < -0.3 is 11.1 Å². The van der Waals surface area contributed by atoms with Gasteiger partial charge in [-0.1, -0.05) is 27.5 Å². The van der Waals surface area contributed by atoms with Gasteiger partial charge in [-0.05, 0) is 18.2 Å². The van der Waals surface area contributed by atoms with Crippen molar-refractivity contribution in [2.75, 3.05) is 6.54 Å². The van der Waals surface area contributed by atoms with Crippen molar-refractivity contribution in [2.24, 2.45) is 5.73 Å². The maximum atomic E-state index is 11.6. The van der Waals surface area contributed by atoms with E-state index in [2.05, 4.69) is 21.2 Å². The second-order valence-electron chi connectivity index (χ2n) is 3.13. The number of halogens is 2. The molecule has 0 aliphatic heterocycles. The molecule has 0 unspecified atom stereocenters. The Morgan fingerprint density at radius 3 is 2.62 bits per heavy atom. The minimum absolute atomic E-state index is 0.119. The molecule has 16 heavy (non-hydrogen) atoms. The SMILES string of the molecule is NC(=O)CCNC(=O)c1cc(Cl)cc(Br)c1. The van der Waals surface area contributed by atoms with Crippen LogP contribution in [0.1, 0.15) is 16.8 Å². The second kappa shape index (κ2) is 5.86. The molecule has 0 aromatic heterocycles. The number of nitrogens with one attached hydrogen (secondary N) is 1. The number of nitrogens with two attached hydrogens (primary N) is 1. The smallest absolute Gasteiger partial charge is 0.251 e. The highest BCUT2D eigenvalue weighted by Crippen LogP contribution is 2.19. The molecule has 0 aliphatic carbocycles. The van der Waals surface area contributed by atoms with E-state index in [1.54, 1.807) is 18.2 Å². The summed E-state index contributed by atoms with van der Waals surface area (Å²) in [6.07, 6.45) is 0.119. The van der Waals surface area contributed by atoms with Crippen molar-refractivity contribution in [1.82, 2.24) is 5.32 Å². The molecule has 1 rings (SSSR count). The summed E-state index contributed by atoms with van der Waals surface area (Å²) in [6, 6.07) is 4.87. The molecule has 0 fully saturated rings.